The molecule has 6 aromatic carbocycles. The summed E-state index contributed by atoms with van der Waals surface area (Å²) in [5, 5.41) is 30.3. The minimum Gasteiger partial charge on any atom is -0.383 e. The Hall–Kier alpha value is -13.6. The number of hydrogen-bond donors (Lipinski definition) is 7. The van der Waals surface area contributed by atoms with Crippen molar-refractivity contribution in [3.05, 3.63) is 330 Å². The Labute approximate surface area is 740 Å². The number of fused-ring (bicyclic) bond motifs is 10. The Balaban J connectivity index is 0.000000197. The van der Waals surface area contributed by atoms with Crippen molar-refractivity contribution in [3.8, 4) is 0 Å². The maximum atomic E-state index is 5.99. The van der Waals surface area contributed by atoms with E-state index < -0.39 is 0 Å². The highest BCUT2D eigenvalue weighted by atomic mass is 15.3. The molecule has 0 saturated carbocycles. The van der Waals surface area contributed by atoms with Crippen LogP contribution in [-0.4, -0.2) is 89.2 Å². The predicted octanol–water partition coefficient (Wildman–Crippen LogP) is 24.1. The fourth-order valence-corrected chi connectivity index (χ4v) is 15.5. The molecule has 125 heavy (non-hydrogen) atoms. The summed E-state index contributed by atoms with van der Waals surface area (Å²) in [7, 11) is 0. The molecule has 0 unspecified atom stereocenters. The van der Waals surface area contributed by atoms with Crippen LogP contribution in [0, 0.1) is 27.7 Å². The molecule has 0 radical (unpaired) electrons. The number of anilines is 4. The standard InChI is InChI=1S/4C16H16N4.C8H7N.C7H6N2.C5H5N.C3H4N2.8C2H6/c4*1-10-15-14(6-7-18-16(15)17)20(19-10)13-8-11-4-2-3-5-12(11)9-13;1-2-4-8-7(3-1)5-6-9-8;1-2-4-7-6(3-1)8-5-9-7;1-2-4-6-5-3-1;1-2-4-5-3-1;8*1-2/h4*2-7,13H,8-9H2,1H3,(H2,17,18);1-6,9H;1-5H,(H,8,9);1-5H;1-3H,(H,4,5);8*1-2H3. The normalized spacial score (nSPS) is 12.1. The highest BCUT2D eigenvalue weighted by molar-refractivity contribution is 5.93. The number of hydrogen-bond acceptors (Lipinski definition) is 15. The molecule has 4 aliphatic carbocycles. The Morgan fingerprint density at radius 1 is 0.272 bits per heavy atom. The van der Waals surface area contributed by atoms with Crippen molar-refractivity contribution >= 4 is 88.8 Å². The van der Waals surface area contributed by atoms with Crippen LogP contribution in [0.1, 0.15) is 202 Å². The van der Waals surface area contributed by atoms with Crippen molar-refractivity contribution in [1.82, 2.24) is 89.2 Å². The van der Waals surface area contributed by atoms with Gasteiger partial charge in [0.25, 0.3) is 0 Å². The van der Waals surface area contributed by atoms with Gasteiger partial charge in [0, 0.05) is 61.3 Å². The summed E-state index contributed by atoms with van der Waals surface area (Å²) in [5.74, 6) is 2.28. The SMILES string of the molecule is CC.CC.CC.CC.CC.CC.CC.CC.Cc1nn(C2Cc3ccccc3C2)c2ccnc(N)c12.Cc1nn(C2Cc3ccccc3C2)c2ccnc(N)c12.Cc1nn(C2Cc3ccccc3C2)c2ccnc(N)c12.Cc1nn(C2Cc3ccccc3C2)c2ccnc(N)c12.c1ccc2[nH]ccc2c1.c1ccc2[nH]cnc2c1.c1ccncc1.c1cn[nH]c1. The Kier molecular flexibility index (Phi) is 41.0. The van der Waals surface area contributed by atoms with Crippen LogP contribution in [0.25, 0.3) is 65.5 Å². The predicted molar refractivity (Wildman–Crippen MR) is 526 cm³/mol. The molecule has 22 rings (SSSR count). The lowest BCUT2D eigenvalue weighted by Gasteiger charge is -2.11. The molecule has 12 aromatic heterocycles. The van der Waals surface area contributed by atoms with E-state index >= 15 is 0 Å². The van der Waals surface area contributed by atoms with Crippen molar-refractivity contribution in [2.45, 2.75) is 214 Å². The van der Waals surface area contributed by atoms with Gasteiger partial charge in [-0.05, 0) is 196 Å². The molecule has 22 nitrogen and oxygen atoms in total. The summed E-state index contributed by atoms with van der Waals surface area (Å²) in [6, 6.07) is 69.9. The number of imidazole rings is 1. The third-order valence-corrected chi connectivity index (χ3v) is 20.6. The molecule has 0 fully saturated rings. The van der Waals surface area contributed by atoms with Crippen molar-refractivity contribution < 1.29 is 0 Å². The first-order valence-corrected chi connectivity index (χ1v) is 44.7. The quantitative estimate of drug-likeness (QED) is 0.0861. The van der Waals surface area contributed by atoms with Crippen LogP contribution in [0.5, 0.6) is 0 Å². The number of pyridine rings is 5. The number of aromatic amines is 3. The molecule has 656 valence electrons. The molecule has 0 atom stereocenters. The number of H-pyrrole nitrogens is 3. The first-order valence-electron chi connectivity index (χ1n) is 44.7. The van der Waals surface area contributed by atoms with Gasteiger partial charge >= 0.3 is 0 Å². The van der Waals surface area contributed by atoms with Crippen LogP contribution in [0.4, 0.5) is 23.3 Å². The number of aryl methyl sites for hydroxylation is 4. The first-order chi connectivity index (χ1) is 61.4. The largest absolute Gasteiger partial charge is 0.383 e. The van der Waals surface area contributed by atoms with Gasteiger partial charge < -0.3 is 32.9 Å². The zero-order valence-electron chi connectivity index (χ0n) is 77.3. The van der Waals surface area contributed by atoms with E-state index in [1.54, 1.807) is 55.9 Å². The number of para-hydroxylation sites is 3. The average molecular weight is 1680 g/mol. The number of nitrogen functional groups attached to an aromatic ring is 4. The summed E-state index contributed by atoms with van der Waals surface area (Å²) in [6.07, 6.45) is 25.9. The topological polar surface area (TPSA) is 313 Å². The molecule has 11 N–H and O–H groups in total. The first kappa shape index (κ1) is 98.5. The van der Waals surface area contributed by atoms with Crippen LogP contribution in [-0.2, 0) is 51.4 Å². The highest BCUT2D eigenvalue weighted by Gasteiger charge is 2.30. The van der Waals surface area contributed by atoms with Gasteiger partial charge in [-0.25, -0.2) is 24.9 Å². The van der Waals surface area contributed by atoms with Crippen molar-refractivity contribution in [3.63, 3.8) is 0 Å². The minimum atomic E-state index is 0.380. The van der Waals surface area contributed by atoms with Crippen molar-refractivity contribution in [2.75, 3.05) is 22.9 Å². The monoisotopic (exact) mass is 1680 g/mol. The molecule has 0 aliphatic heterocycles. The van der Waals surface area contributed by atoms with Crippen LogP contribution in [0.15, 0.2) is 262 Å². The number of nitrogens with two attached hydrogens (primary N) is 4. The Morgan fingerprint density at radius 2 is 0.560 bits per heavy atom. The Morgan fingerprint density at radius 3 is 0.808 bits per heavy atom. The molecular formula is C103H134N22. The summed E-state index contributed by atoms with van der Waals surface area (Å²) >= 11 is 0. The molecule has 0 amide bonds. The minimum absolute atomic E-state index is 0.380. The number of nitrogens with zero attached hydrogens (tertiary/aromatic N) is 15. The fourth-order valence-electron chi connectivity index (χ4n) is 15.5. The number of nitrogens with one attached hydrogen (secondary N) is 3. The van der Waals surface area contributed by atoms with E-state index in [0.717, 1.165) is 129 Å². The summed E-state index contributed by atoms with van der Waals surface area (Å²) in [6.45, 7) is 40.0. The van der Waals surface area contributed by atoms with E-state index in [1.165, 1.54) is 55.4 Å². The molecule has 0 spiro atoms. The zero-order valence-corrected chi connectivity index (χ0v) is 77.3. The van der Waals surface area contributed by atoms with Crippen LogP contribution in [0.2, 0.25) is 0 Å². The molecular weight excluding hydrogens is 1550 g/mol. The van der Waals surface area contributed by atoms with E-state index in [1.807, 2.05) is 230 Å². The zero-order chi connectivity index (χ0) is 90.7. The second-order valence-corrected chi connectivity index (χ2v) is 27.6. The summed E-state index contributed by atoms with van der Waals surface area (Å²) in [4.78, 5) is 30.7. The van der Waals surface area contributed by atoms with Gasteiger partial charge in [0.15, 0.2) is 0 Å². The van der Waals surface area contributed by atoms with Gasteiger partial charge in [-0.2, -0.15) is 25.5 Å². The van der Waals surface area contributed by atoms with E-state index in [9.17, 15) is 0 Å². The fraction of sp³-hybridized carbons (Fsp3) is 0.311. The van der Waals surface area contributed by atoms with Crippen molar-refractivity contribution in [2.24, 2.45) is 0 Å². The maximum Gasteiger partial charge on any atom is 0.134 e. The van der Waals surface area contributed by atoms with E-state index in [0.29, 0.717) is 47.4 Å². The third-order valence-electron chi connectivity index (χ3n) is 20.6. The lowest BCUT2D eigenvalue weighted by Crippen LogP contribution is -2.10. The molecule has 0 bridgehead atoms. The van der Waals surface area contributed by atoms with Crippen LogP contribution < -0.4 is 22.9 Å². The second kappa shape index (κ2) is 52.0. The second-order valence-electron chi connectivity index (χ2n) is 27.6. The van der Waals surface area contributed by atoms with Gasteiger partial charge in [-0.1, -0.05) is 244 Å². The van der Waals surface area contributed by atoms with Gasteiger partial charge in [-0.3, -0.25) is 28.8 Å². The average Bonchev–Trinajstić information content (AvgIpc) is 1.63. The van der Waals surface area contributed by atoms with Crippen LogP contribution in [0.3, 0.4) is 0 Å². The molecule has 18 aromatic rings. The molecule has 4 aliphatic rings. The number of rotatable bonds is 4. The number of benzene rings is 6. The van der Waals surface area contributed by atoms with E-state index in [-0.39, 0.29) is 0 Å². The molecule has 12 heterocycles. The lowest BCUT2D eigenvalue weighted by atomic mass is 10.1. The van der Waals surface area contributed by atoms with Crippen LogP contribution >= 0.6 is 0 Å². The van der Waals surface area contributed by atoms with Gasteiger partial charge in [0.2, 0.25) is 0 Å². The lowest BCUT2D eigenvalue weighted by molar-refractivity contribution is 0.488. The van der Waals surface area contributed by atoms with E-state index in [4.69, 9.17) is 43.3 Å². The smallest absolute Gasteiger partial charge is 0.134 e. The maximum absolute atomic E-state index is 5.99. The molecule has 0 saturated heterocycles. The van der Waals surface area contributed by atoms with Crippen molar-refractivity contribution in [1.29, 1.82) is 0 Å². The summed E-state index contributed by atoms with van der Waals surface area (Å²) in [5.41, 5.74) is 46.9. The molecule has 22 heteroatoms. The third kappa shape index (κ3) is 25.1. The summed E-state index contributed by atoms with van der Waals surface area (Å²) < 4.78 is 8.51. The Bertz CT molecular complexity index is 5270. The van der Waals surface area contributed by atoms with Gasteiger partial charge in [-0.15, -0.1) is 0 Å². The van der Waals surface area contributed by atoms with Gasteiger partial charge in [0.05, 0.1) is 108 Å². The van der Waals surface area contributed by atoms with E-state index in [2.05, 4.69) is 184 Å². The highest BCUT2D eigenvalue weighted by Crippen LogP contribution is 2.38. The number of aromatic nitrogens is 18. The van der Waals surface area contributed by atoms with Gasteiger partial charge in [0.1, 0.15) is 23.3 Å².